The van der Waals surface area contributed by atoms with Crippen LogP contribution in [0.15, 0.2) is 70.5 Å². The van der Waals surface area contributed by atoms with Gasteiger partial charge in [-0.2, -0.15) is 0 Å². The highest BCUT2D eigenvalue weighted by Crippen LogP contribution is 2.61. The summed E-state index contributed by atoms with van der Waals surface area (Å²) in [6.07, 6.45) is -2.63. The number of methoxy groups -OCH3 is 1. The molecule has 0 amide bonds. The minimum absolute atomic E-state index is 0.210. The first-order valence-corrected chi connectivity index (χ1v) is 14.9. The summed E-state index contributed by atoms with van der Waals surface area (Å²) in [6.45, 7) is 7.72. The Morgan fingerprint density at radius 3 is 2.00 bits per heavy atom. The van der Waals surface area contributed by atoms with Gasteiger partial charge >= 0.3 is 0 Å². The predicted octanol–water partition coefficient (Wildman–Crippen LogP) is 4.79. The van der Waals surface area contributed by atoms with Crippen molar-refractivity contribution in [3.63, 3.8) is 0 Å². The van der Waals surface area contributed by atoms with Crippen LogP contribution in [0.3, 0.4) is 0 Å². The summed E-state index contributed by atoms with van der Waals surface area (Å²) in [6, 6.07) is 20.0. The number of fused-ring (bicyclic) bond motifs is 2. The summed E-state index contributed by atoms with van der Waals surface area (Å²) >= 11 is 3.08. The van der Waals surface area contributed by atoms with Gasteiger partial charge in [0.1, 0.15) is 28.5 Å². The molecule has 4 saturated heterocycles. The molecule has 7 atom stereocenters. The van der Waals surface area contributed by atoms with E-state index < -0.39 is 58.3 Å². The summed E-state index contributed by atoms with van der Waals surface area (Å²) in [5.41, 5.74) is 0. The molecule has 4 heterocycles. The number of thioether (sulfide) groups is 2. The van der Waals surface area contributed by atoms with Crippen molar-refractivity contribution in [2.45, 2.75) is 102 Å². The second-order valence-electron chi connectivity index (χ2n) is 11.2. The van der Waals surface area contributed by atoms with Crippen LogP contribution in [-0.4, -0.2) is 77.1 Å². The maximum Gasteiger partial charge on any atom is 0.220 e. The molecule has 10 heteroatoms. The highest BCUT2D eigenvalue weighted by Gasteiger charge is 2.70. The van der Waals surface area contributed by atoms with Crippen molar-refractivity contribution >= 4 is 23.5 Å². The maximum atomic E-state index is 12.7. The summed E-state index contributed by atoms with van der Waals surface area (Å²) in [5.74, 6) is -3.38. The van der Waals surface area contributed by atoms with Crippen molar-refractivity contribution in [3.8, 4) is 0 Å². The van der Waals surface area contributed by atoms with Gasteiger partial charge in [-0.05, 0) is 52.0 Å². The molecule has 0 saturated carbocycles. The lowest BCUT2D eigenvalue weighted by molar-refractivity contribution is -0.268. The molecule has 0 bridgehead atoms. The number of benzene rings is 2. The topological polar surface area (TPSA) is 84.8 Å². The molecule has 2 aromatic carbocycles. The van der Waals surface area contributed by atoms with Crippen molar-refractivity contribution < 1.29 is 38.3 Å². The zero-order valence-corrected chi connectivity index (χ0v) is 24.4. The third-order valence-electron chi connectivity index (χ3n) is 7.44. The number of hydrogen-bond donors (Lipinski definition) is 1. The Morgan fingerprint density at radius 1 is 0.846 bits per heavy atom. The minimum atomic E-state index is -1.74. The van der Waals surface area contributed by atoms with Crippen LogP contribution >= 0.6 is 23.5 Å². The van der Waals surface area contributed by atoms with Gasteiger partial charge in [-0.3, -0.25) is 0 Å². The van der Waals surface area contributed by atoms with Gasteiger partial charge in [0.2, 0.25) is 5.79 Å². The van der Waals surface area contributed by atoms with Crippen LogP contribution in [0, 0.1) is 0 Å². The van der Waals surface area contributed by atoms with E-state index in [-0.39, 0.29) is 6.61 Å². The smallest absolute Gasteiger partial charge is 0.220 e. The highest BCUT2D eigenvalue weighted by molar-refractivity contribution is 8.18. The lowest BCUT2D eigenvalue weighted by atomic mass is 9.96. The van der Waals surface area contributed by atoms with Crippen LogP contribution in [0.25, 0.3) is 0 Å². The minimum Gasteiger partial charge on any atom is -0.362 e. The molecule has 1 unspecified atom stereocenters. The van der Waals surface area contributed by atoms with E-state index in [1.807, 2.05) is 88.4 Å². The molecule has 212 valence electrons. The van der Waals surface area contributed by atoms with Gasteiger partial charge in [0, 0.05) is 23.3 Å². The molecule has 0 aliphatic carbocycles. The Hall–Kier alpha value is -1.18. The number of ether oxygens (including phenoxy) is 7. The van der Waals surface area contributed by atoms with Crippen LogP contribution in [0.1, 0.15) is 34.1 Å². The van der Waals surface area contributed by atoms with Crippen LogP contribution in [0.2, 0.25) is 0 Å². The van der Waals surface area contributed by atoms with Crippen molar-refractivity contribution in [2.24, 2.45) is 0 Å². The lowest BCUT2D eigenvalue weighted by Gasteiger charge is -2.47. The zero-order valence-electron chi connectivity index (χ0n) is 22.8. The molecule has 2 aromatic rings. The SMILES string of the molecule is CO[C@@H]1O[C@H](CC(Sc2ccccc2)(Sc2ccccc2)C2(O)OC[C@H]3OC(C)(C)O[C@H]32)[C@H]2OC(C)(C)O[C@@H]12. The van der Waals surface area contributed by atoms with E-state index in [2.05, 4.69) is 0 Å². The fourth-order valence-electron chi connectivity index (χ4n) is 5.92. The average molecular weight is 577 g/mol. The third-order valence-corrected chi connectivity index (χ3v) is 10.5. The molecule has 4 fully saturated rings. The van der Waals surface area contributed by atoms with Gasteiger partial charge in [-0.1, -0.05) is 36.4 Å². The molecule has 4 aliphatic rings. The second kappa shape index (κ2) is 10.3. The summed E-state index contributed by atoms with van der Waals surface area (Å²) in [7, 11) is 1.60. The Balaban J connectivity index is 1.45. The molecule has 8 nitrogen and oxygen atoms in total. The number of hydrogen-bond acceptors (Lipinski definition) is 10. The molecule has 0 radical (unpaired) electrons. The maximum absolute atomic E-state index is 12.7. The van der Waals surface area contributed by atoms with Gasteiger partial charge in [0.15, 0.2) is 17.9 Å². The highest BCUT2D eigenvalue weighted by atomic mass is 32.2. The summed E-state index contributed by atoms with van der Waals surface area (Å²) < 4.78 is 42.4. The molecular weight excluding hydrogens is 540 g/mol. The van der Waals surface area contributed by atoms with Gasteiger partial charge in [-0.15, -0.1) is 23.5 Å². The Morgan fingerprint density at radius 2 is 1.41 bits per heavy atom. The van der Waals surface area contributed by atoms with E-state index in [1.54, 1.807) is 30.6 Å². The van der Waals surface area contributed by atoms with E-state index >= 15 is 0 Å². The number of aliphatic hydroxyl groups is 1. The Bertz CT molecular complexity index is 1110. The predicted molar refractivity (Wildman–Crippen MR) is 146 cm³/mol. The first-order chi connectivity index (χ1) is 18.5. The first-order valence-electron chi connectivity index (χ1n) is 13.3. The van der Waals surface area contributed by atoms with Gasteiger partial charge < -0.3 is 38.3 Å². The van der Waals surface area contributed by atoms with Crippen LogP contribution in [0.5, 0.6) is 0 Å². The normalized spacial score (nSPS) is 36.7. The molecule has 4 aliphatic heterocycles. The Kier molecular flexibility index (Phi) is 7.36. The summed E-state index contributed by atoms with van der Waals surface area (Å²) in [5, 5.41) is 12.7. The van der Waals surface area contributed by atoms with E-state index in [0.29, 0.717) is 6.42 Å². The standard InChI is InChI=1S/C29H36O8S2/c1-26(2)34-21-17-32-29(30,24(21)37-26)28(38-18-12-8-6-9-13-18,39-19-14-10-7-11-15-19)16-20-22-23(25(31-5)33-20)36-27(3,4)35-22/h6-15,20-25,30H,16-17H2,1-5H3/t20-,21-,22-,23-,24-,25-,29?/m1/s1. The van der Waals surface area contributed by atoms with Gasteiger partial charge in [0.25, 0.3) is 0 Å². The van der Waals surface area contributed by atoms with E-state index in [1.165, 1.54) is 0 Å². The van der Waals surface area contributed by atoms with Crippen molar-refractivity contribution in [3.05, 3.63) is 60.7 Å². The summed E-state index contributed by atoms with van der Waals surface area (Å²) in [4.78, 5) is 1.95. The van der Waals surface area contributed by atoms with E-state index in [0.717, 1.165) is 9.79 Å². The average Bonchev–Trinajstić information content (AvgIpc) is 3.58. The molecule has 6 rings (SSSR count). The third kappa shape index (κ3) is 5.18. The zero-order chi connectivity index (χ0) is 27.5. The van der Waals surface area contributed by atoms with Crippen LogP contribution < -0.4 is 0 Å². The Labute approximate surface area is 238 Å². The van der Waals surface area contributed by atoms with Gasteiger partial charge in [0.05, 0.1) is 12.7 Å². The van der Waals surface area contributed by atoms with Crippen molar-refractivity contribution in [1.29, 1.82) is 0 Å². The van der Waals surface area contributed by atoms with E-state index in [4.69, 9.17) is 33.2 Å². The molecule has 0 spiro atoms. The van der Waals surface area contributed by atoms with Crippen molar-refractivity contribution in [1.82, 2.24) is 0 Å². The largest absolute Gasteiger partial charge is 0.362 e. The molecule has 1 N–H and O–H groups in total. The van der Waals surface area contributed by atoms with Gasteiger partial charge in [-0.25, -0.2) is 0 Å². The second-order valence-corrected chi connectivity index (χ2v) is 14.2. The van der Waals surface area contributed by atoms with E-state index in [9.17, 15) is 5.11 Å². The van der Waals surface area contributed by atoms with Crippen LogP contribution in [0.4, 0.5) is 0 Å². The monoisotopic (exact) mass is 576 g/mol. The fourth-order valence-corrected chi connectivity index (χ4v) is 9.15. The van der Waals surface area contributed by atoms with Crippen molar-refractivity contribution in [2.75, 3.05) is 13.7 Å². The fraction of sp³-hybridized carbons (Fsp3) is 0.586. The molecular formula is C29H36O8S2. The molecule has 0 aromatic heterocycles. The molecule has 39 heavy (non-hydrogen) atoms. The van der Waals surface area contributed by atoms with Crippen LogP contribution in [-0.2, 0) is 33.2 Å². The quantitative estimate of drug-likeness (QED) is 0.350. The number of rotatable bonds is 8. The lowest BCUT2D eigenvalue weighted by Crippen LogP contribution is -2.59. The first kappa shape index (κ1) is 28.0.